The van der Waals surface area contributed by atoms with Crippen molar-refractivity contribution in [2.24, 2.45) is 7.05 Å². The molecular formula is C21H24N6O2S. The first-order valence-electron chi connectivity index (χ1n) is 9.80. The van der Waals surface area contributed by atoms with Gasteiger partial charge in [-0.3, -0.25) is 4.90 Å². The lowest BCUT2D eigenvalue weighted by atomic mass is 10.2. The molecule has 0 N–H and O–H groups in total. The highest BCUT2D eigenvalue weighted by Gasteiger charge is 2.22. The molecular weight excluding hydrogens is 400 g/mol. The number of benzene rings is 1. The summed E-state index contributed by atoms with van der Waals surface area (Å²) in [6, 6.07) is 9.57. The number of hydrogen-bond donors (Lipinski definition) is 0. The Kier molecular flexibility index (Phi) is 6.60. The maximum absolute atomic E-state index is 12.5. The van der Waals surface area contributed by atoms with Gasteiger partial charge in [0.15, 0.2) is 5.16 Å². The highest BCUT2D eigenvalue weighted by Crippen LogP contribution is 2.22. The molecule has 0 bridgehead atoms. The second-order valence-electron chi connectivity index (χ2n) is 7.09. The zero-order valence-electron chi connectivity index (χ0n) is 16.8. The van der Waals surface area contributed by atoms with Crippen molar-refractivity contribution in [3.05, 3.63) is 66.5 Å². The van der Waals surface area contributed by atoms with E-state index < -0.39 is 0 Å². The van der Waals surface area contributed by atoms with Crippen LogP contribution in [0.2, 0.25) is 0 Å². The first kappa shape index (κ1) is 20.4. The third-order valence-corrected chi connectivity index (χ3v) is 6.06. The van der Waals surface area contributed by atoms with Crippen LogP contribution in [0.5, 0.6) is 5.75 Å². The normalized spacial score (nSPS) is 14.6. The number of aryl methyl sites for hydroxylation is 1. The number of nitrogens with zero attached hydrogens (tertiary/aromatic N) is 6. The second-order valence-corrected chi connectivity index (χ2v) is 8.03. The van der Waals surface area contributed by atoms with Gasteiger partial charge in [0.1, 0.15) is 12.1 Å². The van der Waals surface area contributed by atoms with Gasteiger partial charge in [0.25, 0.3) is 0 Å². The van der Waals surface area contributed by atoms with Gasteiger partial charge in [-0.05, 0) is 23.8 Å². The van der Waals surface area contributed by atoms with E-state index in [1.54, 1.807) is 35.4 Å². The number of aromatic nitrogens is 4. The monoisotopic (exact) mass is 424 g/mol. The number of carbonyl (C=O) groups is 1. The van der Waals surface area contributed by atoms with Crippen molar-refractivity contribution < 1.29 is 9.53 Å². The first-order valence-corrected chi connectivity index (χ1v) is 10.8. The molecule has 0 aliphatic carbocycles. The smallest absolute Gasteiger partial charge is 0.410 e. The molecule has 1 saturated heterocycles. The van der Waals surface area contributed by atoms with Gasteiger partial charge in [0.05, 0.1) is 5.69 Å². The third kappa shape index (κ3) is 5.37. The van der Waals surface area contributed by atoms with E-state index in [0.29, 0.717) is 18.8 Å². The quantitative estimate of drug-likeness (QED) is 0.563. The fourth-order valence-corrected chi connectivity index (χ4v) is 4.08. The summed E-state index contributed by atoms with van der Waals surface area (Å²) in [7, 11) is 1.98. The van der Waals surface area contributed by atoms with Gasteiger partial charge in [-0.1, -0.05) is 23.9 Å². The van der Waals surface area contributed by atoms with Gasteiger partial charge in [-0.15, -0.1) is 0 Å². The van der Waals surface area contributed by atoms with Crippen molar-refractivity contribution in [3.8, 4) is 5.75 Å². The van der Waals surface area contributed by atoms with E-state index in [1.165, 1.54) is 0 Å². The third-order valence-electron chi connectivity index (χ3n) is 4.93. The molecule has 30 heavy (non-hydrogen) atoms. The minimum absolute atomic E-state index is 0.299. The Balaban J connectivity index is 1.22. The van der Waals surface area contributed by atoms with Crippen LogP contribution in [-0.2, 0) is 19.3 Å². The van der Waals surface area contributed by atoms with E-state index in [9.17, 15) is 4.79 Å². The molecule has 156 valence electrons. The standard InChI is InChI=1S/C21H24N6O2S/c1-25-9-8-23-20(25)30-15-17-2-4-19(5-3-17)29-21(28)27-12-10-26(11-13-27)14-18-6-7-22-16-24-18/h2-9,16H,10-15H2,1H3. The van der Waals surface area contributed by atoms with Crippen LogP contribution in [0.25, 0.3) is 0 Å². The maximum atomic E-state index is 12.5. The lowest BCUT2D eigenvalue weighted by molar-refractivity contribution is 0.107. The number of piperazine rings is 1. The Morgan fingerprint density at radius 2 is 1.87 bits per heavy atom. The number of amides is 1. The van der Waals surface area contributed by atoms with E-state index >= 15 is 0 Å². The molecule has 8 nitrogen and oxygen atoms in total. The lowest BCUT2D eigenvalue weighted by Crippen LogP contribution is -2.49. The minimum atomic E-state index is -0.299. The Bertz CT molecular complexity index is 955. The molecule has 0 unspecified atom stereocenters. The zero-order valence-corrected chi connectivity index (χ0v) is 17.7. The van der Waals surface area contributed by atoms with Crippen LogP contribution in [0.1, 0.15) is 11.3 Å². The molecule has 1 aromatic carbocycles. The topological polar surface area (TPSA) is 76.4 Å². The molecule has 0 spiro atoms. The van der Waals surface area contributed by atoms with Crippen LogP contribution in [0.15, 0.2) is 60.4 Å². The zero-order chi connectivity index (χ0) is 20.8. The summed E-state index contributed by atoms with van der Waals surface area (Å²) < 4.78 is 7.55. The van der Waals surface area contributed by atoms with Crippen molar-refractivity contribution in [1.82, 2.24) is 29.3 Å². The van der Waals surface area contributed by atoms with E-state index in [4.69, 9.17) is 4.74 Å². The average molecular weight is 425 g/mol. The second kappa shape index (κ2) is 9.73. The number of imidazole rings is 1. The fourth-order valence-electron chi connectivity index (χ4n) is 3.19. The molecule has 9 heteroatoms. The molecule has 1 aliphatic rings. The van der Waals surface area contributed by atoms with Gasteiger partial charge in [0, 0.05) is 64.1 Å². The Labute approximate surface area is 179 Å². The maximum Gasteiger partial charge on any atom is 0.415 e. The molecule has 0 radical (unpaired) electrons. The van der Waals surface area contributed by atoms with Gasteiger partial charge in [-0.2, -0.15) is 0 Å². The number of carbonyl (C=O) groups excluding carboxylic acids is 1. The molecule has 0 saturated carbocycles. The number of ether oxygens (including phenoxy) is 1. The van der Waals surface area contributed by atoms with Crippen molar-refractivity contribution in [1.29, 1.82) is 0 Å². The molecule has 1 amide bonds. The number of rotatable bonds is 6. The largest absolute Gasteiger partial charge is 0.415 e. The van der Waals surface area contributed by atoms with Crippen LogP contribution in [0, 0.1) is 0 Å². The summed E-state index contributed by atoms with van der Waals surface area (Å²) in [5.74, 6) is 1.38. The number of thioether (sulfide) groups is 1. The highest BCUT2D eigenvalue weighted by molar-refractivity contribution is 7.98. The molecule has 2 aromatic heterocycles. The van der Waals surface area contributed by atoms with E-state index in [-0.39, 0.29) is 6.09 Å². The Hall–Kier alpha value is -2.91. The molecule has 1 fully saturated rings. The van der Waals surface area contributed by atoms with Crippen molar-refractivity contribution in [2.45, 2.75) is 17.5 Å². The predicted molar refractivity (Wildman–Crippen MR) is 114 cm³/mol. The van der Waals surface area contributed by atoms with Crippen LogP contribution in [-0.4, -0.2) is 61.6 Å². The van der Waals surface area contributed by atoms with Crippen molar-refractivity contribution in [2.75, 3.05) is 26.2 Å². The molecule has 0 atom stereocenters. The van der Waals surface area contributed by atoms with Gasteiger partial charge < -0.3 is 14.2 Å². The summed E-state index contributed by atoms with van der Waals surface area (Å²) in [6.07, 6.45) is 6.73. The van der Waals surface area contributed by atoms with Gasteiger partial charge in [0.2, 0.25) is 0 Å². The van der Waals surface area contributed by atoms with Crippen LogP contribution in [0.3, 0.4) is 0 Å². The van der Waals surface area contributed by atoms with Gasteiger partial charge >= 0.3 is 6.09 Å². The summed E-state index contributed by atoms with van der Waals surface area (Å²) in [6.45, 7) is 3.64. The van der Waals surface area contributed by atoms with Crippen LogP contribution < -0.4 is 4.74 Å². The first-order chi connectivity index (χ1) is 14.7. The Morgan fingerprint density at radius 3 is 2.53 bits per heavy atom. The van der Waals surface area contributed by atoms with Crippen molar-refractivity contribution >= 4 is 17.9 Å². The SMILES string of the molecule is Cn1ccnc1SCc1ccc(OC(=O)N2CCN(Cc3ccncn3)CC2)cc1. The molecule has 4 rings (SSSR count). The summed E-state index contributed by atoms with van der Waals surface area (Å²) in [5, 5.41) is 0.976. The summed E-state index contributed by atoms with van der Waals surface area (Å²) >= 11 is 1.67. The predicted octanol–water partition coefficient (Wildman–Crippen LogP) is 2.82. The molecule has 3 aromatic rings. The number of hydrogen-bond acceptors (Lipinski definition) is 7. The summed E-state index contributed by atoms with van der Waals surface area (Å²) in [5.41, 5.74) is 2.14. The fraction of sp³-hybridized carbons (Fsp3) is 0.333. The van der Waals surface area contributed by atoms with Crippen LogP contribution in [0.4, 0.5) is 4.79 Å². The van der Waals surface area contributed by atoms with Gasteiger partial charge in [-0.25, -0.2) is 19.7 Å². The average Bonchev–Trinajstić information content (AvgIpc) is 3.19. The van der Waals surface area contributed by atoms with Crippen molar-refractivity contribution in [3.63, 3.8) is 0 Å². The minimum Gasteiger partial charge on any atom is -0.410 e. The molecule has 1 aliphatic heterocycles. The van der Waals surface area contributed by atoms with E-state index in [0.717, 1.165) is 41.8 Å². The lowest BCUT2D eigenvalue weighted by Gasteiger charge is -2.33. The van der Waals surface area contributed by atoms with E-state index in [1.807, 2.05) is 48.1 Å². The molecule has 3 heterocycles. The van der Waals surface area contributed by atoms with Crippen LogP contribution >= 0.6 is 11.8 Å². The van der Waals surface area contributed by atoms with E-state index in [2.05, 4.69) is 19.9 Å². The summed E-state index contributed by atoms with van der Waals surface area (Å²) in [4.78, 5) is 29.0. The highest BCUT2D eigenvalue weighted by atomic mass is 32.2. The Morgan fingerprint density at radius 1 is 1.07 bits per heavy atom.